The van der Waals surface area contributed by atoms with Gasteiger partial charge in [-0.3, -0.25) is 4.79 Å². The first-order valence-corrected chi connectivity index (χ1v) is 4.07. The molecule has 3 nitrogen and oxygen atoms in total. The van der Waals surface area contributed by atoms with E-state index >= 15 is 0 Å². The molecule has 0 aliphatic heterocycles. The van der Waals surface area contributed by atoms with Crippen LogP contribution < -0.4 is 11.1 Å². The van der Waals surface area contributed by atoms with Crippen molar-refractivity contribution in [1.29, 1.82) is 0 Å². The van der Waals surface area contributed by atoms with Crippen LogP contribution in [0.3, 0.4) is 0 Å². The highest BCUT2D eigenvalue weighted by Gasteiger charge is 2.08. The predicted octanol–water partition coefficient (Wildman–Crippen LogP) is 0.496. The van der Waals surface area contributed by atoms with Gasteiger partial charge in [-0.25, -0.2) is 0 Å². The maximum Gasteiger partial charge on any atom is 0.221 e. The van der Waals surface area contributed by atoms with Crippen molar-refractivity contribution in [2.75, 3.05) is 6.54 Å². The van der Waals surface area contributed by atoms with Crippen LogP contribution in [-0.2, 0) is 4.79 Å². The van der Waals surface area contributed by atoms with E-state index in [4.69, 9.17) is 5.73 Å². The van der Waals surface area contributed by atoms with Crippen LogP contribution >= 0.6 is 0 Å². The fourth-order valence-corrected chi connectivity index (χ4v) is 0.624. The van der Waals surface area contributed by atoms with E-state index in [-0.39, 0.29) is 11.9 Å². The molecule has 1 unspecified atom stereocenters. The number of nitrogens with one attached hydrogen (secondary N) is 1. The summed E-state index contributed by atoms with van der Waals surface area (Å²) in [6, 6.07) is 0.244. The maximum absolute atomic E-state index is 11.0. The average Bonchev–Trinajstić information content (AvgIpc) is 1.87. The molecule has 0 aliphatic carbocycles. The average molecular weight is 158 g/mol. The number of hydrogen-bond acceptors (Lipinski definition) is 2. The Kier molecular flexibility index (Phi) is 4.86. The fourth-order valence-electron chi connectivity index (χ4n) is 0.624. The molecule has 66 valence electrons. The minimum Gasteiger partial charge on any atom is -0.353 e. The molecule has 0 heterocycles. The Balaban J connectivity index is 3.57. The molecule has 0 radical (unpaired) electrons. The summed E-state index contributed by atoms with van der Waals surface area (Å²) < 4.78 is 0. The van der Waals surface area contributed by atoms with E-state index < -0.39 is 0 Å². The first-order chi connectivity index (χ1) is 5.07. The highest BCUT2D eigenvalue weighted by molar-refractivity contribution is 5.76. The lowest BCUT2D eigenvalue weighted by atomic mass is 10.1. The molecule has 0 aromatic carbocycles. The molecule has 0 spiro atoms. The van der Waals surface area contributed by atoms with Crippen molar-refractivity contribution in [3.63, 3.8) is 0 Å². The van der Waals surface area contributed by atoms with Gasteiger partial charge in [0.2, 0.25) is 5.91 Å². The highest BCUT2D eigenvalue weighted by atomic mass is 16.1. The third kappa shape index (κ3) is 4.79. The van der Waals surface area contributed by atoms with Gasteiger partial charge < -0.3 is 11.1 Å². The zero-order valence-corrected chi connectivity index (χ0v) is 7.55. The second-order valence-electron chi connectivity index (χ2n) is 3.14. The summed E-state index contributed by atoms with van der Waals surface area (Å²) in [5.41, 5.74) is 5.22. The Morgan fingerprint density at radius 2 is 2.00 bits per heavy atom. The molecule has 3 heteroatoms. The maximum atomic E-state index is 11.0. The summed E-state index contributed by atoms with van der Waals surface area (Å²) in [4.78, 5) is 11.0. The van der Waals surface area contributed by atoms with Crippen molar-refractivity contribution in [1.82, 2.24) is 5.32 Å². The second kappa shape index (κ2) is 5.13. The standard InChI is InChI=1S/C8H18N2O/c1-6(2)7(3)10-8(11)4-5-9/h6-7H,4-5,9H2,1-3H3,(H,10,11). The Morgan fingerprint density at radius 3 is 2.36 bits per heavy atom. The minimum atomic E-state index is 0.0497. The van der Waals surface area contributed by atoms with Gasteiger partial charge >= 0.3 is 0 Å². The van der Waals surface area contributed by atoms with Crippen LogP contribution in [0.15, 0.2) is 0 Å². The third-order valence-corrected chi connectivity index (χ3v) is 1.76. The molecule has 11 heavy (non-hydrogen) atoms. The van der Waals surface area contributed by atoms with Crippen molar-refractivity contribution >= 4 is 5.91 Å². The summed E-state index contributed by atoms with van der Waals surface area (Å²) in [5, 5.41) is 2.86. The van der Waals surface area contributed by atoms with Crippen LogP contribution in [0.4, 0.5) is 0 Å². The second-order valence-corrected chi connectivity index (χ2v) is 3.14. The minimum absolute atomic E-state index is 0.0497. The summed E-state index contributed by atoms with van der Waals surface area (Å²) in [5.74, 6) is 0.533. The monoisotopic (exact) mass is 158 g/mol. The molecule has 0 aliphatic rings. The van der Waals surface area contributed by atoms with Crippen LogP contribution in [-0.4, -0.2) is 18.5 Å². The van der Waals surface area contributed by atoms with E-state index in [1.807, 2.05) is 6.92 Å². The lowest BCUT2D eigenvalue weighted by molar-refractivity contribution is -0.121. The Morgan fingerprint density at radius 1 is 1.45 bits per heavy atom. The summed E-state index contributed by atoms with van der Waals surface area (Å²) in [6.07, 6.45) is 0.428. The van der Waals surface area contributed by atoms with Crippen LogP contribution in [0.2, 0.25) is 0 Å². The molecule has 0 saturated carbocycles. The van der Waals surface area contributed by atoms with E-state index in [2.05, 4.69) is 19.2 Å². The molecule has 0 aromatic heterocycles. The molecule has 0 bridgehead atoms. The zero-order chi connectivity index (χ0) is 8.85. The van der Waals surface area contributed by atoms with E-state index in [0.29, 0.717) is 18.9 Å². The van der Waals surface area contributed by atoms with Gasteiger partial charge in [-0.1, -0.05) is 13.8 Å². The van der Waals surface area contributed by atoms with Gasteiger partial charge in [-0.2, -0.15) is 0 Å². The molecule has 1 atom stereocenters. The number of amides is 1. The van der Waals surface area contributed by atoms with Gasteiger partial charge in [0, 0.05) is 19.0 Å². The molecule has 3 N–H and O–H groups in total. The van der Waals surface area contributed by atoms with Crippen molar-refractivity contribution in [3.05, 3.63) is 0 Å². The van der Waals surface area contributed by atoms with E-state index in [0.717, 1.165) is 0 Å². The smallest absolute Gasteiger partial charge is 0.221 e. The van der Waals surface area contributed by atoms with Crippen LogP contribution in [0.25, 0.3) is 0 Å². The lowest BCUT2D eigenvalue weighted by Gasteiger charge is -2.16. The van der Waals surface area contributed by atoms with Crippen molar-refractivity contribution in [2.45, 2.75) is 33.2 Å². The number of nitrogens with two attached hydrogens (primary N) is 1. The molecule has 1 amide bonds. The van der Waals surface area contributed by atoms with Gasteiger partial charge in [0.05, 0.1) is 0 Å². The summed E-state index contributed by atoms with van der Waals surface area (Å²) >= 11 is 0. The first-order valence-electron chi connectivity index (χ1n) is 4.07. The number of hydrogen-bond donors (Lipinski definition) is 2. The van der Waals surface area contributed by atoms with E-state index in [9.17, 15) is 4.79 Å². The van der Waals surface area contributed by atoms with Crippen LogP contribution in [0.1, 0.15) is 27.2 Å². The quantitative estimate of drug-likeness (QED) is 0.626. The Bertz CT molecular complexity index is 123. The van der Waals surface area contributed by atoms with E-state index in [1.165, 1.54) is 0 Å². The van der Waals surface area contributed by atoms with Crippen LogP contribution in [0.5, 0.6) is 0 Å². The number of carbonyl (C=O) groups is 1. The number of rotatable bonds is 4. The van der Waals surface area contributed by atoms with Gasteiger partial charge in [-0.15, -0.1) is 0 Å². The molecule has 0 aromatic rings. The van der Waals surface area contributed by atoms with Gasteiger partial charge in [0.1, 0.15) is 0 Å². The SMILES string of the molecule is CC(C)C(C)NC(=O)CCN. The van der Waals surface area contributed by atoms with Gasteiger partial charge in [0.15, 0.2) is 0 Å². The molecule has 0 saturated heterocycles. The molecular formula is C8H18N2O. The fraction of sp³-hybridized carbons (Fsp3) is 0.875. The van der Waals surface area contributed by atoms with Crippen molar-refractivity contribution < 1.29 is 4.79 Å². The summed E-state index contributed by atoms with van der Waals surface area (Å²) in [6.45, 7) is 6.58. The van der Waals surface area contributed by atoms with Crippen LogP contribution in [0, 0.1) is 5.92 Å². The highest BCUT2D eigenvalue weighted by Crippen LogP contribution is 1.99. The first kappa shape index (κ1) is 10.4. The van der Waals surface area contributed by atoms with Crippen molar-refractivity contribution in [3.8, 4) is 0 Å². The lowest BCUT2D eigenvalue weighted by Crippen LogP contribution is -2.36. The van der Waals surface area contributed by atoms with Gasteiger partial charge in [0.25, 0.3) is 0 Å². The zero-order valence-electron chi connectivity index (χ0n) is 7.55. The molecular weight excluding hydrogens is 140 g/mol. The number of carbonyl (C=O) groups excluding carboxylic acids is 1. The Labute approximate surface area is 68.3 Å². The summed E-state index contributed by atoms with van der Waals surface area (Å²) in [7, 11) is 0. The molecule has 0 rings (SSSR count). The third-order valence-electron chi connectivity index (χ3n) is 1.76. The van der Waals surface area contributed by atoms with Crippen molar-refractivity contribution in [2.24, 2.45) is 11.7 Å². The van der Waals surface area contributed by atoms with Gasteiger partial charge in [-0.05, 0) is 12.8 Å². The Hall–Kier alpha value is -0.570. The largest absolute Gasteiger partial charge is 0.353 e. The predicted molar refractivity (Wildman–Crippen MR) is 46.1 cm³/mol. The van der Waals surface area contributed by atoms with E-state index in [1.54, 1.807) is 0 Å². The normalized spacial score (nSPS) is 13.2. The molecule has 0 fully saturated rings. The topological polar surface area (TPSA) is 55.1 Å².